The minimum absolute atomic E-state index is 0.00167. The van der Waals surface area contributed by atoms with Crippen molar-refractivity contribution in [2.75, 3.05) is 13.7 Å². The Morgan fingerprint density at radius 1 is 1.05 bits per heavy atom. The molecule has 3 rings (SSSR count). The zero-order valence-electron chi connectivity index (χ0n) is 25.1. The van der Waals surface area contributed by atoms with E-state index in [-0.39, 0.29) is 36.3 Å². The number of nitrogens with zero attached hydrogens (tertiary/aromatic N) is 1. The molecule has 3 fully saturated rings. The monoisotopic (exact) mass is 586 g/mol. The molecule has 0 aromatic rings. The summed E-state index contributed by atoms with van der Waals surface area (Å²) in [6.45, 7) is 11.4. The first-order chi connectivity index (χ1) is 18.8. The topological polar surface area (TPSA) is 143 Å². The van der Waals surface area contributed by atoms with E-state index in [1.807, 2.05) is 13.8 Å². The van der Waals surface area contributed by atoms with Crippen molar-refractivity contribution in [2.24, 2.45) is 22.7 Å². The maximum Gasteiger partial charge on any atom is 0.407 e. The summed E-state index contributed by atoms with van der Waals surface area (Å²) in [6, 6.07) is -3.36. The molecule has 41 heavy (non-hydrogen) atoms. The lowest BCUT2D eigenvalue weighted by Crippen LogP contribution is -2.61. The third kappa shape index (κ3) is 7.85. The molecule has 0 aromatic carbocycles. The zero-order chi connectivity index (χ0) is 31.1. The molecule has 1 heterocycles. The molecular weight excluding hydrogens is 542 g/mol. The summed E-state index contributed by atoms with van der Waals surface area (Å²) in [5.74, 6) is -5.92. The smallest absolute Gasteiger partial charge is 0.407 e. The van der Waals surface area contributed by atoms with Crippen LogP contribution in [0.15, 0.2) is 0 Å². The van der Waals surface area contributed by atoms with Crippen molar-refractivity contribution < 1.29 is 42.2 Å². The number of rotatable bonds is 11. The highest BCUT2D eigenvalue weighted by Gasteiger charge is 2.70. The maximum atomic E-state index is 13.9. The van der Waals surface area contributed by atoms with Gasteiger partial charge in [0.05, 0.1) is 13.2 Å². The first-order valence-corrected chi connectivity index (χ1v) is 14.1. The number of hydrogen-bond acceptors (Lipinski definition) is 7. The zero-order valence-corrected chi connectivity index (χ0v) is 25.1. The minimum atomic E-state index is -3.10. The van der Waals surface area contributed by atoms with Crippen molar-refractivity contribution >= 4 is 29.8 Å². The summed E-state index contributed by atoms with van der Waals surface area (Å²) in [6.07, 6.45) is -1.86. The van der Waals surface area contributed by atoms with Crippen molar-refractivity contribution in [2.45, 2.75) is 110 Å². The van der Waals surface area contributed by atoms with Crippen molar-refractivity contribution in [3.63, 3.8) is 0 Å². The van der Waals surface area contributed by atoms with Gasteiger partial charge in [-0.3, -0.25) is 19.2 Å². The van der Waals surface area contributed by atoms with E-state index in [0.29, 0.717) is 0 Å². The van der Waals surface area contributed by atoms with Gasteiger partial charge in [-0.15, -0.1) is 0 Å². The van der Waals surface area contributed by atoms with Crippen molar-refractivity contribution in [1.82, 2.24) is 20.9 Å². The Morgan fingerprint density at radius 3 is 2.15 bits per heavy atom. The van der Waals surface area contributed by atoms with Gasteiger partial charge in [0.25, 0.3) is 5.91 Å². The average molecular weight is 587 g/mol. The molecule has 6 atom stereocenters. The number of hydrogen-bond donors (Lipinski definition) is 3. The van der Waals surface area contributed by atoms with E-state index < -0.39 is 71.8 Å². The van der Waals surface area contributed by atoms with Crippen LogP contribution >= 0.6 is 0 Å². The fourth-order valence-electron chi connectivity index (χ4n) is 5.79. The van der Waals surface area contributed by atoms with Gasteiger partial charge in [-0.05, 0) is 48.9 Å². The van der Waals surface area contributed by atoms with Crippen LogP contribution in [0.5, 0.6) is 0 Å². The van der Waals surface area contributed by atoms with Crippen LogP contribution in [0.1, 0.15) is 74.1 Å². The van der Waals surface area contributed by atoms with E-state index in [1.54, 1.807) is 20.8 Å². The Balaban J connectivity index is 1.91. The highest BCUT2D eigenvalue weighted by molar-refractivity contribution is 5.94. The average Bonchev–Trinajstić information content (AvgIpc) is 3.68. The largest absolute Gasteiger partial charge is 0.453 e. The quantitative estimate of drug-likeness (QED) is 0.316. The van der Waals surface area contributed by atoms with E-state index in [2.05, 4.69) is 16.0 Å². The summed E-state index contributed by atoms with van der Waals surface area (Å²) >= 11 is 0. The molecular formula is C28H44F2N4O7. The normalized spacial score (nSPS) is 25.2. The lowest BCUT2D eigenvalue weighted by atomic mass is 9.85. The number of methoxy groups -OCH3 is 1. The molecule has 2 aliphatic carbocycles. The second-order valence-corrected chi connectivity index (χ2v) is 13.4. The number of carbonyl (C=O) groups excluding carboxylic acids is 5. The van der Waals surface area contributed by atoms with Crippen LogP contribution in [0.25, 0.3) is 0 Å². The molecule has 232 valence electrons. The number of amides is 4. The molecule has 1 saturated heterocycles. The maximum absolute atomic E-state index is 13.9. The van der Waals surface area contributed by atoms with E-state index in [4.69, 9.17) is 9.47 Å². The van der Waals surface area contributed by atoms with Crippen molar-refractivity contribution in [3.8, 4) is 0 Å². The van der Waals surface area contributed by atoms with E-state index >= 15 is 0 Å². The van der Waals surface area contributed by atoms with Gasteiger partial charge >= 0.3 is 12.1 Å². The summed E-state index contributed by atoms with van der Waals surface area (Å²) < 4.78 is 37.8. The lowest BCUT2D eigenvalue weighted by molar-refractivity contribution is -0.157. The Hall–Kier alpha value is -2.99. The SMILES string of the molecule is COC(=O)NC(C(=O)N1C[C@H]2[C@@H]([C@H]1C(=O)NC(CCC(C)(F)F)C(OC(C)=O)C(=O)NC1CC1)C2(C)C)C(C)(C)C. The Morgan fingerprint density at radius 2 is 1.66 bits per heavy atom. The van der Waals surface area contributed by atoms with Gasteiger partial charge in [0.15, 0.2) is 6.10 Å². The van der Waals surface area contributed by atoms with Gasteiger partial charge in [-0.2, -0.15) is 0 Å². The van der Waals surface area contributed by atoms with E-state index in [1.165, 1.54) is 12.0 Å². The first kappa shape index (κ1) is 32.5. The molecule has 3 N–H and O–H groups in total. The molecule has 0 spiro atoms. The number of likely N-dealkylation sites (tertiary alicyclic amines) is 1. The molecule has 4 amide bonds. The van der Waals surface area contributed by atoms with Crippen LogP contribution < -0.4 is 16.0 Å². The lowest BCUT2D eigenvalue weighted by Gasteiger charge is -2.38. The summed E-state index contributed by atoms with van der Waals surface area (Å²) in [7, 11) is 1.18. The molecule has 3 aliphatic rings. The van der Waals surface area contributed by atoms with Crippen LogP contribution in [0.2, 0.25) is 0 Å². The Kier molecular flexibility index (Phi) is 9.29. The molecule has 13 heteroatoms. The number of alkyl halides is 2. The number of halogens is 2. The molecule has 0 aromatic heterocycles. The molecule has 3 unspecified atom stereocenters. The second-order valence-electron chi connectivity index (χ2n) is 13.4. The van der Waals surface area contributed by atoms with Gasteiger partial charge in [0.2, 0.25) is 17.7 Å². The van der Waals surface area contributed by atoms with E-state index in [9.17, 15) is 32.8 Å². The summed E-state index contributed by atoms with van der Waals surface area (Å²) in [5.41, 5.74) is -0.998. The van der Waals surface area contributed by atoms with Gasteiger partial charge in [0, 0.05) is 25.9 Å². The number of piperidine rings is 1. The molecule has 2 saturated carbocycles. The second kappa shape index (κ2) is 11.7. The minimum Gasteiger partial charge on any atom is -0.453 e. The fourth-order valence-corrected chi connectivity index (χ4v) is 5.79. The number of alkyl carbamates (subject to hydrolysis) is 1. The van der Waals surface area contributed by atoms with Gasteiger partial charge < -0.3 is 30.3 Å². The number of nitrogens with one attached hydrogen (secondary N) is 3. The Bertz CT molecular complexity index is 1050. The summed E-state index contributed by atoms with van der Waals surface area (Å²) in [5, 5.41) is 8.00. The van der Waals surface area contributed by atoms with Gasteiger partial charge in [0.1, 0.15) is 12.1 Å². The third-order valence-electron chi connectivity index (χ3n) is 8.38. The van der Waals surface area contributed by atoms with Crippen molar-refractivity contribution in [1.29, 1.82) is 0 Å². The van der Waals surface area contributed by atoms with Crippen LogP contribution in [0, 0.1) is 22.7 Å². The summed E-state index contributed by atoms with van der Waals surface area (Å²) in [4.78, 5) is 66.2. The van der Waals surface area contributed by atoms with Crippen LogP contribution in [-0.2, 0) is 28.7 Å². The van der Waals surface area contributed by atoms with E-state index in [0.717, 1.165) is 26.7 Å². The van der Waals surface area contributed by atoms with Gasteiger partial charge in [-0.1, -0.05) is 34.6 Å². The molecule has 1 aliphatic heterocycles. The predicted molar refractivity (Wildman–Crippen MR) is 144 cm³/mol. The number of carbonyl (C=O) groups is 5. The Labute approximate surface area is 239 Å². The number of fused-ring (bicyclic) bond motifs is 1. The highest BCUT2D eigenvalue weighted by atomic mass is 19.3. The predicted octanol–water partition coefficient (Wildman–Crippen LogP) is 2.37. The van der Waals surface area contributed by atoms with Crippen molar-refractivity contribution in [3.05, 3.63) is 0 Å². The van der Waals surface area contributed by atoms with Crippen LogP contribution in [0.3, 0.4) is 0 Å². The fraction of sp³-hybridized carbons (Fsp3) is 0.821. The molecule has 11 nitrogen and oxygen atoms in total. The number of esters is 1. The van der Waals surface area contributed by atoms with Crippen LogP contribution in [0.4, 0.5) is 13.6 Å². The third-order valence-corrected chi connectivity index (χ3v) is 8.38. The first-order valence-electron chi connectivity index (χ1n) is 14.1. The molecule has 0 radical (unpaired) electrons. The van der Waals surface area contributed by atoms with Crippen LogP contribution in [-0.4, -0.2) is 84.5 Å². The standard InChI is InChI=1S/C28H44F2N4O7/c1-14(35)41-20(23(37)31-15-9-10-15)17(11-12-28(7,29)30)32-22(36)19-18-16(27(18,5)6)13-34(19)24(38)21(26(2,3)4)33-25(39)40-8/h15-21H,9-13H2,1-8H3,(H,31,37)(H,32,36)(H,33,39)/t16-,17?,18-,19-,20?,21?/m0/s1. The highest BCUT2D eigenvalue weighted by Crippen LogP contribution is 2.65. The molecule has 0 bridgehead atoms. The van der Waals surface area contributed by atoms with Gasteiger partial charge in [-0.25, -0.2) is 13.6 Å². The number of ether oxygens (including phenoxy) is 2.